The highest BCUT2D eigenvalue weighted by Crippen LogP contribution is 2.22. The van der Waals surface area contributed by atoms with E-state index < -0.39 is 22.0 Å². The van der Waals surface area contributed by atoms with Crippen LogP contribution in [-0.4, -0.2) is 50.5 Å². The Kier molecular flexibility index (Phi) is 5.45. The van der Waals surface area contributed by atoms with Crippen molar-refractivity contribution in [3.63, 3.8) is 0 Å². The average molecular weight is 315 g/mol. The molecule has 0 aliphatic heterocycles. The SMILES string of the molecule is COC(=O)CCN(C)S(=O)(=O)c1cccc(C(=O)O)c1C. The van der Waals surface area contributed by atoms with Crippen LogP contribution in [0.15, 0.2) is 23.1 Å². The first-order valence-electron chi connectivity index (χ1n) is 6.08. The normalized spacial score (nSPS) is 11.4. The van der Waals surface area contributed by atoms with Crippen LogP contribution in [0.3, 0.4) is 0 Å². The van der Waals surface area contributed by atoms with Crippen LogP contribution in [0, 0.1) is 6.92 Å². The highest BCUT2D eigenvalue weighted by atomic mass is 32.2. The van der Waals surface area contributed by atoms with Crippen molar-refractivity contribution in [1.82, 2.24) is 4.31 Å². The molecular formula is C13H17NO6S. The predicted octanol–water partition coefficient (Wildman–Crippen LogP) is 0.877. The van der Waals surface area contributed by atoms with Gasteiger partial charge >= 0.3 is 11.9 Å². The molecule has 0 unspecified atom stereocenters. The van der Waals surface area contributed by atoms with E-state index in [1.807, 2.05) is 0 Å². The van der Waals surface area contributed by atoms with Crippen molar-refractivity contribution < 1.29 is 27.9 Å². The molecular weight excluding hydrogens is 298 g/mol. The first-order valence-corrected chi connectivity index (χ1v) is 7.52. The van der Waals surface area contributed by atoms with Crippen molar-refractivity contribution in [3.8, 4) is 0 Å². The monoisotopic (exact) mass is 315 g/mol. The number of hydrogen-bond donors (Lipinski definition) is 1. The van der Waals surface area contributed by atoms with Crippen LogP contribution in [0.1, 0.15) is 22.3 Å². The summed E-state index contributed by atoms with van der Waals surface area (Å²) in [6.07, 6.45) is -0.0795. The third-order valence-electron chi connectivity index (χ3n) is 3.06. The quantitative estimate of drug-likeness (QED) is 0.782. The highest BCUT2D eigenvalue weighted by molar-refractivity contribution is 7.89. The summed E-state index contributed by atoms with van der Waals surface area (Å²) in [4.78, 5) is 22.0. The summed E-state index contributed by atoms with van der Waals surface area (Å²) < 4.78 is 30.3. The number of benzene rings is 1. The summed E-state index contributed by atoms with van der Waals surface area (Å²) in [6, 6.07) is 4.05. The Morgan fingerprint density at radius 3 is 2.48 bits per heavy atom. The third-order valence-corrected chi connectivity index (χ3v) is 5.06. The van der Waals surface area contributed by atoms with E-state index >= 15 is 0 Å². The van der Waals surface area contributed by atoms with Crippen molar-refractivity contribution in [3.05, 3.63) is 29.3 Å². The molecule has 0 radical (unpaired) electrons. The number of rotatable bonds is 6. The summed E-state index contributed by atoms with van der Waals surface area (Å²) in [6.45, 7) is 1.39. The molecule has 0 saturated heterocycles. The van der Waals surface area contributed by atoms with Gasteiger partial charge in [0.25, 0.3) is 0 Å². The number of carbonyl (C=O) groups is 2. The first kappa shape index (κ1) is 17.1. The fourth-order valence-electron chi connectivity index (χ4n) is 1.76. The largest absolute Gasteiger partial charge is 0.478 e. The highest BCUT2D eigenvalue weighted by Gasteiger charge is 2.25. The number of carboxylic acid groups (broad SMARTS) is 1. The minimum Gasteiger partial charge on any atom is -0.478 e. The molecule has 0 atom stereocenters. The predicted molar refractivity (Wildman–Crippen MR) is 74.6 cm³/mol. The van der Waals surface area contributed by atoms with Crippen molar-refractivity contribution in [2.45, 2.75) is 18.2 Å². The number of hydrogen-bond acceptors (Lipinski definition) is 5. The van der Waals surface area contributed by atoms with Crippen LogP contribution in [-0.2, 0) is 19.6 Å². The van der Waals surface area contributed by atoms with Crippen LogP contribution in [0.25, 0.3) is 0 Å². The number of sulfonamides is 1. The van der Waals surface area contributed by atoms with Crippen molar-refractivity contribution in [2.75, 3.05) is 20.7 Å². The van der Waals surface area contributed by atoms with Gasteiger partial charge in [0.2, 0.25) is 10.0 Å². The summed E-state index contributed by atoms with van der Waals surface area (Å²) >= 11 is 0. The van der Waals surface area contributed by atoms with E-state index in [2.05, 4.69) is 4.74 Å². The maximum atomic E-state index is 12.4. The van der Waals surface area contributed by atoms with Gasteiger partial charge in [0.15, 0.2) is 0 Å². The minimum absolute atomic E-state index is 0.0499. The summed E-state index contributed by atoms with van der Waals surface area (Å²) in [5.74, 6) is -1.71. The molecule has 116 valence electrons. The Hall–Kier alpha value is -1.93. The second-order valence-corrected chi connectivity index (χ2v) is 6.40. The van der Waals surface area contributed by atoms with Crippen molar-refractivity contribution >= 4 is 22.0 Å². The van der Waals surface area contributed by atoms with E-state index in [4.69, 9.17) is 5.11 Å². The molecule has 7 nitrogen and oxygen atoms in total. The lowest BCUT2D eigenvalue weighted by Gasteiger charge is -2.18. The second kappa shape index (κ2) is 6.68. The van der Waals surface area contributed by atoms with E-state index in [1.54, 1.807) is 0 Å². The first-order chi connectivity index (χ1) is 9.71. The van der Waals surface area contributed by atoms with Crippen LogP contribution in [0.5, 0.6) is 0 Å². The Labute approximate surface area is 123 Å². The van der Waals surface area contributed by atoms with Gasteiger partial charge in [-0.15, -0.1) is 0 Å². The summed E-state index contributed by atoms with van der Waals surface area (Å²) in [5.41, 5.74) is 0.0901. The molecule has 1 N–H and O–H groups in total. The van der Waals surface area contributed by atoms with Gasteiger partial charge in [0, 0.05) is 13.6 Å². The fraction of sp³-hybridized carbons (Fsp3) is 0.385. The zero-order valence-electron chi connectivity index (χ0n) is 12.0. The van der Waals surface area contributed by atoms with E-state index in [1.165, 1.54) is 39.3 Å². The minimum atomic E-state index is -3.87. The third kappa shape index (κ3) is 3.79. The molecule has 0 spiro atoms. The molecule has 1 aromatic carbocycles. The molecule has 0 amide bonds. The topological polar surface area (TPSA) is 101 Å². The molecule has 1 rings (SSSR count). The zero-order valence-corrected chi connectivity index (χ0v) is 12.8. The molecule has 0 saturated carbocycles. The number of nitrogens with zero attached hydrogens (tertiary/aromatic N) is 1. The Morgan fingerprint density at radius 1 is 1.33 bits per heavy atom. The van der Waals surface area contributed by atoms with Gasteiger partial charge in [0.05, 0.1) is 24.0 Å². The van der Waals surface area contributed by atoms with Crippen LogP contribution in [0.4, 0.5) is 0 Å². The van der Waals surface area contributed by atoms with Gasteiger partial charge in [-0.3, -0.25) is 4.79 Å². The van der Waals surface area contributed by atoms with Crippen LogP contribution < -0.4 is 0 Å². The summed E-state index contributed by atoms with van der Waals surface area (Å²) in [5, 5.41) is 9.03. The van der Waals surface area contributed by atoms with Gasteiger partial charge in [-0.05, 0) is 24.6 Å². The van der Waals surface area contributed by atoms with E-state index in [9.17, 15) is 18.0 Å². The molecule has 0 aliphatic carbocycles. The van der Waals surface area contributed by atoms with E-state index in [0.717, 1.165) is 4.31 Å². The smallest absolute Gasteiger partial charge is 0.335 e. The second-order valence-electron chi connectivity index (χ2n) is 4.39. The van der Waals surface area contributed by atoms with Crippen LogP contribution in [0.2, 0.25) is 0 Å². The van der Waals surface area contributed by atoms with Gasteiger partial charge < -0.3 is 9.84 Å². The lowest BCUT2D eigenvalue weighted by Crippen LogP contribution is -2.30. The van der Waals surface area contributed by atoms with Gasteiger partial charge in [-0.25, -0.2) is 17.5 Å². The van der Waals surface area contributed by atoms with Crippen molar-refractivity contribution in [2.24, 2.45) is 0 Å². The molecule has 8 heteroatoms. The Balaban J connectivity index is 3.11. The van der Waals surface area contributed by atoms with E-state index in [0.29, 0.717) is 0 Å². The number of methoxy groups -OCH3 is 1. The van der Waals surface area contributed by atoms with Gasteiger partial charge in [-0.1, -0.05) is 6.07 Å². The maximum Gasteiger partial charge on any atom is 0.335 e. The number of aromatic carboxylic acids is 1. The number of ether oxygens (including phenoxy) is 1. The Morgan fingerprint density at radius 2 is 1.95 bits per heavy atom. The molecule has 0 heterocycles. The van der Waals surface area contributed by atoms with E-state index in [-0.39, 0.29) is 29.0 Å². The molecule has 21 heavy (non-hydrogen) atoms. The molecule has 0 aromatic heterocycles. The van der Waals surface area contributed by atoms with Crippen LogP contribution >= 0.6 is 0 Å². The molecule has 0 fully saturated rings. The number of carboxylic acids is 1. The number of esters is 1. The average Bonchev–Trinajstić information content (AvgIpc) is 2.43. The zero-order chi connectivity index (χ0) is 16.2. The standard InChI is InChI=1S/C13H17NO6S/c1-9-10(13(16)17)5-4-6-11(9)21(18,19)14(2)8-7-12(15)20-3/h4-6H,7-8H2,1-3H3,(H,16,17). The number of carbonyl (C=O) groups excluding carboxylic acids is 1. The lowest BCUT2D eigenvalue weighted by atomic mass is 10.1. The lowest BCUT2D eigenvalue weighted by molar-refractivity contribution is -0.140. The fourth-order valence-corrected chi connectivity index (χ4v) is 3.18. The Bertz CT molecular complexity index is 653. The molecule has 0 aliphatic rings. The summed E-state index contributed by atoms with van der Waals surface area (Å²) in [7, 11) is -1.32. The maximum absolute atomic E-state index is 12.4. The van der Waals surface area contributed by atoms with Gasteiger partial charge in [0.1, 0.15) is 0 Å². The molecule has 0 bridgehead atoms. The van der Waals surface area contributed by atoms with Crippen molar-refractivity contribution in [1.29, 1.82) is 0 Å². The van der Waals surface area contributed by atoms with Gasteiger partial charge in [-0.2, -0.15) is 0 Å². The molecule has 1 aromatic rings.